The van der Waals surface area contributed by atoms with E-state index in [0.717, 1.165) is 4.47 Å². The zero-order chi connectivity index (χ0) is 11.5. The lowest BCUT2D eigenvalue weighted by atomic mass is 10.2. The molecule has 0 bridgehead atoms. The summed E-state index contributed by atoms with van der Waals surface area (Å²) >= 11 is 10.6. The summed E-state index contributed by atoms with van der Waals surface area (Å²) in [5.41, 5.74) is 0.422. The van der Waals surface area contributed by atoms with E-state index in [-0.39, 0.29) is 5.91 Å². The first-order valence-electron chi connectivity index (χ1n) is 4.33. The van der Waals surface area contributed by atoms with Gasteiger partial charge in [0.05, 0.1) is 10.6 Å². The van der Waals surface area contributed by atoms with Gasteiger partial charge in [0.15, 0.2) is 5.13 Å². The minimum absolute atomic E-state index is 0.263. The van der Waals surface area contributed by atoms with E-state index in [9.17, 15) is 4.79 Å². The van der Waals surface area contributed by atoms with Crippen LogP contribution in [0.25, 0.3) is 0 Å². The second-order valence-electron chi connectivity index (χ2n) is 2.92. The third kappa shape index (κ3) is 2.61. The maximum absolute atomic E-state index is 11.8. The topological polar surface area (TPSA) is 42.0 Å². The van der Waals surface area contributed by atoms with Crippen molar-refractivity contribution in [1.82, 2.24) is 4.98 Å². The van der Waals surface area contributed by atoms with Crippen LogP contribution in [0.15, 0.2) is 34.2 Å². The standard InChI is InChI=1S/C10H6BrClN2OS/c11-6-1-2-8(12)7(5-6)9(15)14-10-13-3-4-16-10/h1-5H,(H,13,14,15). The number of carbonyl (C=O) groups is 1. The fourth-order valence-corrected chi connectivity index (χ4v) is 2.21. The highest BCUT2D eigenvalue weighted by molar-refractivity contribution is 9.10. The van der Waals surface area contributed by atoms with E-state index in [1.54, 1.807) is 29.8 Å². The molecule has 2 rings (SSSR count). The van der Waals surface area contributed by atoms with Crippen LogP contribution in [0.2, 0.25) is 5.02 Å². The number of hydrogen-bond donors (Lipinski definition) is 1. The molecule has 0 spiro atoms. The number of hydrogen-bond acceptors (Lipinski definition) is 3. The molecule has 0 saturated heterocycles. The number of carbonyl (C=O) groups excluding carboxylic acids is 1. The molecule has 0 aliphatic carbocycles. The molecule has 1 aromatic heterocycles. The smallest absolute Gasteiger partial charge is 0.258 e. The molecule has 1 N–H and O–H groups in total. The van der Waals surface area contributed by atoms with E-state index in [1.807, 2.05) is 0 Å². The van der Waals surface area contributed by atoms with Crippen LogP contribution in [0.1, 0.15) is 10.4 Å². The number of benzene rings is 1. The summed E-state index contributed by atoms with van der Waals surface area (Å²) < 4.78 is 0.807. The number of aromatic nitrogens is 1. The summed E-state index contributed by atoms with van der Waals surface area (Å²) in [5.74, 6) is -0.263. The minimum Gasteiger partial charge on any atom is -0.298 e. The highest BCUT2D eigenvalue weighted by Gasteiger charge is 2.11. The van der Waals surface area contributed by atoms with Crippen LogP contribution in [-0.2, 0) is 0 Å². The van der Waals surface area contributed by atoms with E-state index in [2.05, 4.69) is 26.2 Å². The van der Waals surface area contributed by atoms with E-state index in [1.165, 1.54) is 11.3 Å². The van der Waals surface area contributed by atoms with Gasteiger partial charge in [-0.25, -0.2) is 4.98 Å². The van der Waals surface area contributed by atoms with E-state index < -0.39 is 0 Å². The van der Waals surface area contributed by atoms with Crippen LogP contribution in [0.3, 0.4) is 0 Å². The second kappa shape index (κ2) is 4.95. The molecule has 2 aromatic rings. The summed E-state index contributed by atoms with van der Waals surface area (Å²) in [6.45, 7) is 0. The van der Waals surface area contributed by atoms with Crippen molar-refractivity contribution >= 4 is 49.9 Å². The molecule has 6 heteroatoms. The van der Waals surface area contributed by atoms with Crippen LogP contribution in [0.4, 0.5) is 5.13 Å². The van der Waals surface area contributed by atoms with Crippen molar-refractivity contribution in [2.75, 3.05) is 5.32 Å². The van der Waals surface area contributed by atoms with Crippen LogP contribution in [0, 0.1) is 0 Å². The average molecular weight is 318 g/mol. The van der Waals surface area contributed by atoms with Gasteiger partial charge in [0.2, 0.25) is 0 Å². The Morgan fingerprint density at radius 2 is 2.31 bits per heavy atom. The maximum Gasteiger partial charge on any atom is 0.258 e. The lowest BCUT2D eigenvalue weighted by Gasteiger charge is -2.04. The Morgan fingerprint density at radius 3 is 3.00 bits per heavy atom. The third-order valence-electron chi connectivity index (χ3n) is 1.83. The van der Waals surface area contributed by atoms with Crippen LogP contribution in [0.5, 0.6) is 0 Å². The predicted molar refractivity (Wildman–Crippen MR) is 69.2 cm³/mol. The van der Waals surface area contributed by atoms with Gasteiger partial charge in [0.25, 0.3) is 5.91 Å². The molecule has 0 radical (unpaired) electrons. The minimum atomic E-state index is -0.263. The van der Waals surface area contributed by atoms with Gasteiger partial charge < -0.3 is 0 Å². The number of nitrogens with zero attached hydrogens (tertiary/aromatic N) is 1. The Labute approximate surface area is 110 Å². The normalized spacial score (nSPS) is 10.1. The van der Waals surface area contributed by atoms with Gasteiger partial charge in [-0.2, -0.15) is 0 Å². The largest absolute Gasteiger partial charge is 0.298 e. The van der Waals surface area contributed by atoms with Gasteiger partial charge in [-0.3, -0.25) is 10.1 Å². The molecule has 0 aliphatic rings. The molecular formula is C10H6BrClN2OS. The first-order valence-corrected chi connectivity index (χ1v) is 6.38. The second-order valence-corrected chi connectivity index (χ2v) is 5.13. The number of amides is 1. The Morgan fingerprint density at radius 1 is 1.50 bits per heavy atom. The van der Waals surface area contributed by atoms with Gasteiger partial charge in [-0.15, -0.1) is 11.3 Å². The van der Waals surface area contributed by atoms with Crippen LogP contribution in [-0.4, -0.2) is 10.9 Å². The summed E-state index contributed by atoms with van der Waals surface area (Å²) in [6, 6.07) is 5.12. The Kier molecular flexibility index (Phi) is 3.58. The SMILES string of the molecule is O=C(Nc1nccs1)c1cc(Br)ccc1Cl. The van der Waals surface area contributed by atoms with Gasteiger partial charge >= 0.3 is 0 Å². The van der Waals surface area contributed by atoms with Crippen molar-refractivity contribution in [2.45, 2.75) is 0 Å². The lowest BCUT2D eigenvalue weighted by Crippen LogP contribution is -2.12. The molecule has 16 heavy (non-hydrogen) atoms. The van der Waals surface area contributed by atoms with Crippen molar-refractivity contribution in [1.29, 1.82) is 0 Å². The first kappa shape index (κ1) is 11.6. The quantitative estimate of drug-likeness (QED) is 0.915. The molecule has 1 heterocycles. The first-order chi connectivity index (χ1) is 7.66. The van der Waals surface area contributed by atoms with E-state index >= 15 is 0 Å². The maximum atomic E-state index is 11.8. The fraction of sp³-hybridized carbons (Fsp3) is 0. The molecule has 0 saturated carbocycles. The fourth-order valence-electron chi connectivity index (χ4n) is 1.12. The van der Waals surface area contributed by atoms with E-state index in [4.69, 9.17) is 11.6 Å². The number of thiazole rings is 1. The van der Waals surface area contributed by atoms with Gasteiger partial charge in [-0.05, 0) is 18.2 Å². The van der Waals surface area contributed by atoms with Crippen LogP contribution < -0.4 is 5.32 Å². The van der Waals surface area contributed by atoms with Gasteiger partial charge in [0, 0.05) is 16.0 Å². The number of anilines is 1. The van der Waals surface area contributed by atoms with Gasteiger partial charge in [0.1, 0.15) is 0 Å². The molecular weight excluding hydrogens is 312 g/mol. The highest BCUT2D eigenvalue weighted by atomic mass is 79.9. The molecule has 3 nitrogen and oxygen atoms in total. The molecule has 0 aliphatic heterocycles. The average Bonchev–Trinajstić information content (AvgIpc) is 2.74. The summed E-state index contributed by atoms with van der Waals surface area (Å²) in [6.07, 6.45) is 1.63. The number of rotatable bonds is 2. The predicted octanol–water partition coefficient (Wildman–Crippen LogP) is 3.81. The lowest BCUT2D eigenvalue weighted by molar-refractivity contribution is 0.102. The molecule has 82 valence electrons. The summed E-state index contributed by atoms with van der Waals surface area (Å²) in [4.78, 5) is 15.8. The van der Waals surface area contributed by atoms with Crippen molar-refractivity contribution in [3.63, 3.8) is 0 Å². The number of nitrogens with one attached hydrogen (secondary N) is 1. The summed E-state index contributed by atoms with van der Waals surface area (Å²) in [7, 11) is 0. The van der Waals surface area contributed by atoms with Crippen molar-refractivity contribution in [3.05, 3.63) is 44.8 Å². The van der Waals surface area contributed by atoms with Crippen molar-refractivity contribution < 1.29 is 4.79 Å². The van der Waals surface area contributed by atoms with Crippen molar-refractivity contribution in [2.24, 2.45) is 0 Å². The van der Waals surface area contributed by atoms with Crippen LogP contribution >= 0.6 is 38.9 Å². The zero-order valence-electron chi connectivity index (χ0n) is 7.91. The zero-order valence-corrected chi connectivity index (χ0v) is 11.1. The molecule has 1 amide bonds. The van der Waals surface area contributed by atoms with Gasteiger partial charge in [-0.1, -0.05) is 27.5 Å². The Balaban J connectivity index is 2.24. The molecule has 0 fully saturated rings. The Bertz CT molecular complexity index is 516. The third-order valence-corrected chi connectivity index (χ3v) is 3.34. The number of halogens is 2. The molecule has 0 unspecified atom stereocenters. The highest BCUT2D eigenvalue weighted by Crippen LogP contribution is 2.22. The Hall–Kier alpha value is -0.910. The van der Waals surface area contributed by atoms with Crippen molar-refractivity contribution in [3.8, 4) is 0 Å². The molecule has 0 atom stereocenters. The van der Waals surface area contributed by atoms with E-state index in [0.29, 0.717) is 15.7 Å². The summed E-state index contributed by atoms with van der Waals surface area (Å²) in [5, 5.41) is 5.43. The monoisotopic (exact) mass is 316 g/mol. The molecule has 1 aromatic carbocycles.